The van der Waals surface area contributed by atoms with Crippen molar-refractivity contribution < 1.29 is 73.5 Å². The molecule has 7 heteroatoms. The Kier molecular flexibility index (Phi) is 11.2. The Balaban J connectivity index is 0. The first kappa shape index (κ1) is 17.5. The molecule has 0 spiro atoms. The molecule has 0 aliphatic heterocycles. The van der Waals surface area contributed by atoms with Crippen LogP contribution in [0.3, 0.4) is 0 Å². The van der Waals surface area contributed by atoms with E-state index in [2.05, 4.69) is 5.09 Å². The maximum absolute atomic E-state index is 10.3. The Morgan fingerprint density at radius 3 is 1.92 bits per heavy atom. The summed E-state index contributed by atoms with van der Waals surface area (Å²) in [6.45, 7) is 0. The molecule has 1 fully saturated rings. The quantitative estimate of drug-likeness (QED) is 0.373. The molecule has 1 saturated carbocycles. The Hall–Kier alpha value is 2.11. The second-order valence-electron chi connectivity index (χ2n) is 2.96. The van der Waals surface area contributed by atoms with Gasteiger partial charge < -0.3 is 14.4 Å². The Bertz CT molecular complexity index is 169. The van der Waals surface area contributed by atoms with Gasteiger partial charge in [-0.2, -0.15) is 0 Å². The summed E-state index contributed by atoms with van der Waals surface area (Å²) in [5.41, 5.74) is 0. The van der Waals surface area contributed by atoms with Crippen molar-refractivity contribution in [2.75, 3.05) is 0 Å². The molecule has 0 bridgehead atoms. The van der Waals surface area contributed by atoms with Crippen LogP contribution in [-0.4, -0.2) is 6.04 Å². The summed E-state index contributed by atoms with van der Waals surface area (Å²) in [4.78, 5) is 20.5. The molecule has 0 aromatic carbocycles. The van der Waals surface area contributed by atoms with Gasteiger partial charge in [0.05, 0.1) is 0 Å². The van der Waals surface area contributed by atoms with Crippen molar-refractivity contribution in [2.24, 2.45) is 0 Å². The molecule has 0 atom stereocenters. The average Bonchev–Trinajstić information content (AvgIpc) is 1.85. The van der Waals surface area contributed by atoms with E-state index in [-0.39, 0.29) is 65.2 Å². The molecule has 4 nitrogen and oxygen atoms in total. The van der Waals surface area contributed by atoms with Gasteiger partial charge in [0, 0.05) is 6.04 Å². The third kappa shape index (κ3) is 9.06. The smallest absolute Gasteiger partial charge is 0.799 e. The SMILES string of the molecule is O=P([O-])([O-])NC1CCCCC1.[Na+].[Na+]. The number of hydrogen-bond donors (Lipinski definition) is 1. The summed E-state index contributed by atoms with van der Waals surface area (Å²) in [5, 5.41) is 2.10. The third-order valence-corrected chi connectivity index (χ3v) is 2.63. The zero-order valence-electron chi connectivity index (χ0n) is 8.28. The minimum absolute atomic E-state index is 0. The van der Waals surface area contributed by atoms with Crippen LogP contribution in [0.1, 0.15) is 32.1 Å². The summed E-state index contributed by atoms with van der Waals surface area (Å²) in [6, 6.07) is -0.0930. The molecule has 0 heterocycles. The third-order valence-electron chi connectivity index (χ3n) is 1.95. The van der Waals surface area contributed by atoms with Crippen LogP contribution >= 0.6 is 7.75 Å². The average molecular weight is 223 g/mol. The number of rotatable bonds is 2. The van der Waals surface area contributed by atoms with Crippen LogP contribution in [0.25, 0.3) is 0 Å². The van der Waals surface area contributed by atoms with Crippen LogP contribution in [0.15, 0.2) is 0 Å². The fourth-order valence-electron chi connectivity index (χ4n) is 1.46. The molecule has 1 aliphatic rings. The van der Waals surface area contributed by atoms with Crippen LogP contribution < -0.4 is 74.0 Å². The first-order chi connectivity index (χ1) is 5.08. The molecule has 0 amide bonds. The second-order valence-corrected chi connectivity index (χ2v) is 4.21. The van der Waals surface area contributed by atoms with Gasteiger partial charge in [-0.1, -0.05) is 19.3 Å². The molecule has 0 radical (unpaired) electrons. The van der Waals surface area contributed by atoms with Gasteiger partial charge in [0.15, 0.2) is 0 Å². The number of hydrogen-bond acceptors (Lipinski definition) is 3. The maximum Gasteiger partial charge on any atom is 1.00 e. The van der Waals surface area contributed by atoms with Gasteiger partial charge >= 0.3 is 59.1 Å². The van der Waals surface area contributed by atoms with Crippen molar-refractivity contribution in [3.8, 4) is 0 Å². The monoisotopic (exact) mass is 223 g/mol. The number of nitrogens with one attached hydrogen (secondary N) is 1. The predicted molar refractivity (Wildman–Crippen MR) is 37.6 cm³/mol. The zero-order chi connectivity index (χ0) is 8.32. The van der Waals surface area contributed by atoms with E-state index < -0.39 is 7.75 Å². The second kappa shape index (κ2) is 8.28. The minimum Gasteiger partial charge on any atom is -0.799 e. The van der Waals surface area contributed by atoms with Crippen molar-refractivity contribution in [3.63, 3.8) is 0 Å². The van der Waals surface area contributed by atoms with E-state index in [1.165, 1.54) is 0 Å². The van der Waals surface area contributed by atoms with Crippen LogP contribution in [0.2, 0.25) is 0 Å². The zero-order valence-corrected chi connectivity index (χ0v) is 13.2. The van der Waals surface area contributed by atoms with Crippen molar-refractivity contribution >= 4 is 7.75 Å². The van der Waals surface area contributed by atoms with E-state index >= 15 is 0 Å². The molecular formula is C6H12NNa2O3P. The van der Waals surface area contributed by atoms with Crippen molar-refractivity contribution in [1.82, 2.24) is 5.09 Å². The van der Waals surface area contributed by atoms with Gasteiger partial charge in [-0.05, 0) is 20.6 Å². The molecule has 13 heavy (non-hydrogen) atoms. The van der Waals surface area contributed by atoms with Gasteiger partial charge in [-0.15, -0.1) is 0 Å². The maximum atomic E-state index is 10.3. The van der Waals surface area contributed by atoms with Crippen LogP contribution in [-0.2, 0) is 4.57 Å². The topological polar surface area (TPSA) is 75.2 Å². The first-order valence-electron chi connectivity index (χ1n) is 3.88. The van der Waals surface area contributed by atoms with Crippen LogP contribution in [0.4, 0.5) is 0 Å². The molecule has 0 unspecified atom stereocenters. The van der Waals surface area contributed by atoms with Gasteiger partial charge in [-0.3, -0.25) is 5.09 Å². The summed E-state index contributed by atoms with van der Waals surface area (Å²) in [6.07, 6.45) is 4.83. The normalized spacial score (nSPS) is 18.6. The van der Waals surface area contributed by atoms with Gasteiger partial charge in [0.25, 0.3) is 0 Å². The molecule has 1 rings (SSSR count). The summed E-state index contributed by atoms with van der Waals surface area (Å²) in [7, 11) is -4.48. The molecule has 0 aromatic heterocycles. The minimum atomic E-state index is -4.48. The first-order valence-corrected chi connectivity index (χ1v) is 5.42. The van der Waals surface area contributed by atoms with E-state index in [9.17, 15) is 14.4 Å². The van der Waals surface area contributed by atoms with E-state index in [0.717, 1.165) is 32.1 Å². The van der Waals surface area contributed by atoms with Gasteiger partial charge in [0.1, 0.15) is 0 Å². The van der Waals surface area contributed by atoms with E-state index in [1.807, 2.05) is 0 Å². The Morgan fingerprint density at radius 2 is 1.54 bits per heavy atom. The molecular weight excluding hydrogens is 211 g/mol. The fourth-order valence-corrected chi connectivity index (χ4v) is 2.16. The van der Waals surface area contributed by atoms with E-state index in [4.69, 9.17) is 0 Å². The standard InChI is InChI=1S/C6H14NO3P.2Na/c8-11(9,10)7-6-4-2-1-3-5-6;;/h6H,1-5H2,(H3,7,8,9,10);;/q;2*+1/p-2. The molecule has 66 valence electrons. The predicted octanol–water partition coefficient (Wildman–Crippen LogP) is -6.25. The van der Waals surface area contributed by atoms with Crippen molar-refractivity contribution in [2.45, 2.75) is 38.1 Å². The van der Waals surface area contributed by atoms with Crippen LogP contribution in [0, 0.1) is 0 Å². The molecule has 1 N–H and O–H groups in total. The van der Waals surface area contributed by atoms with Crippen molar-refractivity contribution in [3.05, 3.63) is 0 Å². The summed E-state index contributed by atoms with van der Waals surface area (Å²) >= 11 is 0. The molecule has 1 aliphatic carbocycles. The fraction of sp³-hybridized carbons (Fsp3) is 1.00. The van der Waals surface area contributed by atoms with Gasteiger partial charge in [-0.25, -0.2) is 0 Å². The Morgan fingerprint density at radius 1 is 1.08 bits per heavy atom. The largest absolute Gasteiger partial charge is 1.00 e. The Labute approximate surface area is 123 Å². The summed E-state index contributed by atoms with van der Waals surface area (Å²) in [5.74, 6) is 0. The van der Waals surface area contributed by atoms with E-state index in [1.54, 1.807) is 0 Å². The molecule has 0 saturated heterocycles. The molecule has 0 aromatic rings. The summed E-state index contributed by atoms with van der Waals surface area (Å²) < 4.78 is 10.3. The van der Waals surface area contributed by atoms with Crippen LogP contribution in [0.5, 0.6) is 0 Å². The van der Waals surface area contributed by atoms with E-state index in [0.29, 0.717) is 0 Å². The van der Waals surface area contributed by atoms with Crippen molar-refractivity contribution in [1.29, 1.82) is 0 Å². The van der Waals surface area contributed by atoms with Gasteiger partial charge in [0.2, 0.25) is 0 Å².